The van der Waals surface area contributed by atoms with Gasteiger partial charge in [-0.25, -0.2) is 13.1 Å². The summed E-state index contributed by atoms with van der Waals surface area (Å²) in [6.45, 7) is 8.36. The van der Waals surface area contributed by atoms with E-state index in [1.165, 1.54) is 0 Å². The zero-order valence-electron chi connectivity index (χ0n) is 34.1. The summed E-state index contributed by atoms with van der Waals surface area (Å²) in [5, 5.41) is 10.8. The maximum Gasteiger partial charge on any atom is 0.308 e. The highest BCUT2D eigenvalue weighted by Crippen LogP contribution is 2.21. The highest BCUT2D eigenvalue weighted by molar-refractivity contribution is 7.90. The number of hydrogen-bond donors (Lipinski definition) is 6. The number of amides is 4. The zero-order valence-corrected chi connectivity index (χ0v) is 34.9. The summed E-state index contributed by atoms with van der Waals surface area (Å²) < 4.78 is 34.0. The van der Waals surface area contributed by atoms with Gasteiger partial charge in [-0.3, -0.25) is 29.0 Å². The van der Waals surface area contributed by atoms with E-state index >= 15 is 0 Å². The van der Waals surface area contributed by atoms with Crippen LogP contribution in [0, 0.1) is 32.6 Å². The van der Waals surface area contributed by atoms with Crippen LogP contribution in [-0.2, 0) is 51.8 Å². The van der Waals surface area contributed by atoms with Crippen LogP contribution in [0.1, 0.15) is 60.9 Å². The third kappa shape index (κ3) is 14.4. The first-order valence-corrected chi connectivity index (χ1v) is 21.0. The summed E-state index contributed by atoms with van der Waals surface area (Å²) in [7, 11) is -4.03. The van der Waals surface area contributed by atoms with Gasteiger partial charge in [-0.15, -0.1) is 0 Å². The van der Waals surface area contributed by atoms with Gasteiger partial charge in [-0.05, 0) is 68.2 Å². The van der Waals surface area contributed by atoms with Crippen LogP contribution in [0.5, 0.6) is 0 Å². The van der Waals surface area contributed by atoms with Gasteiger partial charge < -0.3 is 31.7 Å². The SMILES string of the molecule is Cc1cc(C)c(S(=O)(=O)NC(N)=NCCC[C@@H]2NC(=O)[C@@H](C(C)C)/C=C/[C@@H](Cc3ccccc3)NC(=O)[C@H](CC(=O)OCc3ccccc3)NC(=O)CNC2=O)c(C)c1. The van der Waals surface area contributed by atoms with Gasteiger partial charge in [-0.2, -0.15) is 0 Å². The van der Waals surface area contributed by atoms with Crippen LogP contribution < -0.4 is 31.7 Å². The molecule has 0 saturated heterocycles. The predicted molar refractivity (Wildman–Crippen MR) is 224 cm³/mol. The summed E-state index contributed by atoms with van der Waals surface area (Å²) in [4.78, 5) is 71.6. The lowest BCUT2D eigenvalue weighted by molar-refractivity contribution is -0.147. The summed E-state index contributed by atoms with van der Waals surface area (Å²) in [6, 6.07) is 18.8. The fourth-order valence-electron chi connectivity index (χ4n) is 6.74. The number of carbonyl (C=O) groups is 5. The fourth-order valence-corrected chi connectivity index (χ4v) is 8.14. The molecule has 15 nitrogen and oxygen atoms in total. The summed E-state index contributed by atoms with van der Waals surface area (Å²) in [6.07, 6.45) is 3.48. The van der Waals surface area contributed by atoms with Crippen LogP contribution >= 0.6 is 0 Å². The van der Waals surface area contributed by atoms with Gasteiger partial charge in [0.25, 0.3) is 10.0 Å². The van der Waals surface area contributed by atoms with Crippen molar-refractivity contribution in [2.75, 3.05) is 13.1 Å². The van der Waals surface area contributed by atoms with E-state index in [9.17, 15) is 32.4 Å². The smallest absolute Gasteiger partial charge is 0.308 e. The lowest BCUT2D eigenvalue weighted by Crippen LogP contribution is -2.54. The molecule has 59 heavy (non-hydrogen) atoms. The molecule has 0 aromatic heterocycles. The molecule has 0 unspecified atom stereocenters. The van der Waals surface area contributed by atoms with Crippen molar-refractivity contribution in [3.8, 4) is 0 Å². The van der Waals surface area contributed by atoms with Crippen molar-refractivity contribution in [2.24, 2.45) is 22.6 Å². The van der Waals surface area contributed by atoms with E-state index in [1.54, 1.807) is 62.4 Å². The number of nitrogens with zero attached hydrogens (tertiary/aromatic N) is 1. The number of rotatable bonds is 13. The third-order valence-electron chi connectivity index (χ3n) is 9.56. The van der Waals surface area contributed by atoms with Crippen molar-refractivity contribution in [3.05, 3.63) is 113 Å². The van der Waals surface area contributed by atoms with Crippen molar-refractivity contribution in [1.82, 2.24) is 26.0 Å². The van der Waals surface area contributed by atoms with E-state index in [4.69, 9.17) is 10.5 Å². The molecule has 7 N–H and O–H groups in total. The molecule has 0 fully saturated rings. The first-order valence-electron chi connectivity index (χ1n) is 19.5. The number of ether oxygens (including phenoxy) is 1. The van der Waals surface area contributed by atoms with Gasteiger partial charge in [0, 0.05) is 6.54 Å². The maximum absolute atomic E-state index is 13.8. The Bertz CT molecular complexity index is 2100. The Morgan fingerprint density at radius 2 is 1.47 bits per heavy atom. The maximum atomic E-state index is 13.8. The van der Waals surface area contributed by atoms with Gasteiger partial charge in [0.1, 0.15) is 18.7 Å². The molecule has 0 radical (unpaired) electrons. The second-order valence-corrected chi connectivity index (χ2v) is 16.6. The number of guanidine groups is 1. The van der Waals surface area contributed by atoms with Gasteiger partial charge >= 0.3 is 5.97 Å². The Morgan fingerprint density at radius 3 is 2.10 bits per heavy atom. The van der Waals surface area contributed by atoms with Crippen LogP contribution in [0.25, 0.3) is 0 Å². The first-order chi connectivity index (χ1) is 28.0. The predicted octanol–water partition coefficient (Wildman–Crippen LogP) is 2.77. The molecule has 4 atom stereocenters. The molecule has 0 spiro atoms. The van der Waals surface area contributed by atoms with Crippen molar-refractivity contribution in [3.63, 3.8) is 0 Å². The first kappa shape index (κ1) is 45.7. The molecule has 16 heteroatoms. The molecule has 4 amide bonds. The molecule has 4 rings (SSSR count). The van der Waals surface area contributed by atoms with Crippen LogP contribution in [0.2, 0.25) is 0 Å². The number of hydrogen-bond acceptors (Lipinski definition) is 9. The van der Waals surface area contributed by atoms with E-state index in [0.717, 1.165) is 16.7 Å². The molecule has 1 aliphatic rings. The van der Waals surface area contributed by atoms with E-state index in [1.807, 2.05) is 57.2 Å². The molecule has 0 bridgehead atoms. The van der Waals surface area contributed by atoms with Crippen LogP contribution in [-0.4, -0.2) is 75.2 Å². The number of aryl methyl sites for hydroxylation is 3. The minimum absolute atomic E-state index is 0.00482. The highest BCUT2D eigenvalue weighted by Gasteiger charge is 2.30. The van der Waals surface area contributed by atoms with E-state index in [0.29, 0.717) is 17.5 Å². The van der Waals surface area contributed by atoms with Crippen molar-refractivity contribution < 1.29 is 37.1 Å². The molecule has 1 heterocycles. The Balaban J connectivity index is 1.53. The van der Waals surface area contributed by atoms with Gasteiger partial charge in [0.2, 0.25) is 29.6 Å². The lowest BCUT2D eigenvalue weighted by Gasteiger charge is -2.23. The van der Waals surface area contributed by atoms with Crippen molar-refractivity contribution in [2.45, 2.75) is 89.9 Å². The molecule has 1 aliphatic heterocycles. The number of benzene rings is 3. The van der Waals surface area contributed by atoms with E-state index in [2.05, 4.69) is 31.0 Å². The largest absolute Gasteiger partial charge is 0.461 e. The second-order valence-electron chi connectivity index (χ2n) is 15.0. The number of carbonyl (C=O) groups excluding carboxylic acids is 5. The average Bonchev–Trinajstić information content (AvgIpc) is 3.16. The standard InChI is InChI=1S/C43H55N7O8S/c1-27(2)34-19-18-33(23-31-13-8-6-9-14-31)47-42(55)36(24-38(52)58-26-32-15-10-7-11-16-32)48-37(51)25-46-41(54)35(49-40(34)53)17-12-20-45-43(44)50-59(56,57)39-29(4)21-28(3)22-30(39)5/h6-11,13-16,18-19,21-22,27,33-36H,12,17,20,23-26H2,1-5H3,(H,46,54)(H,47,55)(H,48,51)(H,49,53)(H3,44,45,50)/b19-18+/t33-,34+,35-,36-/m0/s1. The van der Waals surface area contributed by atoms with Crippen molar-refractivity contribution in [1.29, 1.82) is 0 Å². The minimum Gasteiger partial charge on any atom is -0.461 e. The molecular formula is C43H55N7O8S. The summed E-state index contributed by atoms with van der Waals surface area (Å²) in [5.41, 5.74) is 9.64. The molecule has 0 aliphatic carbocycles. The van der Waals surface area contributed by atoms with Crippen LogP contribution in [0.4, 0.5) is 0 Å². The summed E-state index contributed by atoms with van der Waals surface area (Å²) >= 11 is 0. The Hall–Kier alpha value is -6.03. The minimum atomic E-state index is -4.03. The average molecular weight is 830 g/mol. The number of nitrogens with one attached hydrogen (secondary N) is 5. The van der Waals surface area contributed by atoms with Crippen LogP contribution in [0.15, 0.2) is 94.8 Å². The Kier molecular flexibility index (Phi) is 16.8. The topological polar surface area (TPSA) is 227 Å². The monoisotopic (exact) mass is 829 g/mol. The van der Waals surface area contributed by atoms with E-state index in [-0.39, 0.29) is 42.8 Å². The Labute approximate surface area is 346 Å². The van der Waals surface area contributed by atoms with Crippen LogP contribution in [0.3, 0.4) is 0 Å². The van der Waals surface area contributed by atoms with Crippen molar-refractivity contribution >= 4 is 45.6 Å². The van der Waals surface area contributed by atoms with Gasteiger partial charge in [0.15, 0.2) is 0 Å². The Morgan fingerprint density at radius 1 is 0.847 bits per heavy atom. The number of sulfonamides is 1. The molecule has 316 valence electrons. The number of nitrogens with two attached hydrogens (primary N) is 1. The lowest BCUT2D eigenvalue weighted by atomic mass is 9.92. The molecule has 0 saturated carbocycles. The zero-order chi connectivity index (χ0) is 43.1. The van der Waals surface area contributed by atoms with Gasteiger partial charge in [-0.1, -0.05) is 104 Å². The second kappa shape index (κ2) is 21.6. The highest BCUT2D eigenvalue weighted by atomic mass is 32.2. The third-order valence-corrected chi connectivity index (χ3v) is 11.2. The van der Waals surface area contributed by atoms with Gasteiger partial charge in [0.05, 0.1) is 29.8 Å². The molecule has 3 aromatic rings. The fraction of sp³-hybridized carbons (Fsp3) is 0.395. The number of aliphatic imine (C=N–C) groups is 1. The summed E-state index contributed by atoms with van der Waals surface area (Å²) in [5.74, 6) is -4.57. The molecule has 3 aromatic carbocycles. The molecular weight excluding hydrogens is 775 g/mol. The number of esters is 1. The normalized spacial score (nSPS) is 20.3. The van der Waals surface area contributed by atoms with E-state index < -0.39 is 76.6 Å². The quantitative estimate of drug-likeness (QED) is 0.0489.